The van der Waals surface area contributed by atoms with Crippen LogP contribution in [0.4, 0.5) is 0 Å². The Morgan fingerprint density at radius 1 is 1.21 bits per heavy atom. The van der Waals surface area contributed by atoms with Gasteiger partial charge in [0, 0.05) is 21.9 Å². The summed E-state index contributed by atoms with van der Waals surface area (Å²) in [5, 5.41) is 7.59. The van der Waals surface area contributed by atoms with E-state index in [1.807, 2.05) is 24.3 Å². The van der Waals surface area contributed by atoms with Gasteiger partial charge >= 0.3 is 1.43 Å². The lowest BCUT2D eigenvalue weighted by atomic mass is 9.99. The molecular weight excluding hydrogens is 299 g/mol. The van der Waals surface area contributed by atoms with Crippen molar-refractivity contribution in [3.63, 3.8) is 0 Å². The number of rotatable bonds is 2. The highest BCUT2D eigenvalue weighted by atomic mass is 35.5. The van der Waals surface area contributed by atoms with Crippen molar-refractivity contribution in [1.82, 2.24) is 10.3 Å². The molecule has 2 aromatic rings. The van der Waals surface area contributed by atoms with Crippen molar-refractivity contribution in [2.45, 2.75) is 18.8 Å². The molecule has 1 saturated heterocycles. The smallest absolute Gasteiger partial charge is 1.00 e. The summed E-state index contributed by atoms with van der Waals surface area (Å²) < 4.78 is 0. The number of benzene rings is 1. The van der Waals surface area contributed by atoms with Gasteiger partial charge in [0.1, 0.15) is 0 Å². The predicted octanol–water partition coefficient (Wildman–Crippen LogP) is 1.05. The van der Waals surface area contributed by atoms with Crippen molar-refractivity contribution >= 4 is 22.9 Å². The Labute approximate surface area is 130 Å². The number of hydrogen-bond donors (Lipinski definition) is 1. The lowest BCUT2D eigenvalue weighted by molar-refractivity contribution is -0.00000354. The quantitative estimate of drug-likeness (QED) is 0.896. The van der Waals surface area contributed by atoms with Crippen LogP contribution in [0.15, 0.2) is 29.6 Å². The maximum absolute atomic E-state index is 5.90. The first kappa shape index (κ1) is 14.8. The number of hydrogen-bond acceptors (Lipinski definition) is 3. The largest absolute Gasteiger partial charge is 1.00 e. The lowest BCUT2D eigenvalue weighted by Crippen LogP contribution is -3.00. The normalized spacial score (nSPS) is 16.1. The Kier molecular flexibility index (Phi) is 5.22. The summed E-state index contributed by atoms with van der Waals surface area (Å²) >= 11 is 7.68. The van der Waals surface area contributed by atoms with Crippen LogP contribution in [0, 0.1) is 0 Å². The molecule has 2 heterocycles. The average Bonchev–Trinajstić information content (AvgIpc) is 2.90. The van der Waals surface area contributed by atoms with Gasteiger partial charge in [0.2, 0.25) is 0 Å². The molecule has 3 rings (SSSR count). The number of thiazole rings is 1. The molecule has 0 atom stereocenters. The third-order valence-electron chi connectivity index (χ3n) is 3.35. The maximum atomic E-state index is 5.90. The Hall–Kier alpha value is -0.610. The molecule has 1 aromatic carbocycles. The molecule has 0 spiro atoms. The fraction of sp³-hybridized carbons (Fsp3) is 0.357. The van der Waals surface area contributed by atoms with Crippen molar-refractivity contribution < 1.29 is 13.8 Å². The number of nitrogens with one attached hydrogen (secondary N) is 1. The third-order valence-corrected chi connectivity index (χ3v) is 4.61. The van der Waals surface area contributed by atoms with Crippen molar-refractivity contribution in [2.24, 2.45) is 0 Å². The fourth-order valence-corrected chi connectivity index (χ4v) is 3.42. The van der Waals surface area contributed by atoms with Gasteiger partial charge < -0.3 is 17.7 Å². The Balaban J connectivity index is 0.000001000. The van der Waals surface area contributed by atoms with E-state index in [1.54, 1.807) is 11.3 Å². The van der Waals surface area contributed by atoms with E-state index in [-0.39, 0.29) is 13.8 Å². The number of halogens is 2. The van der Waals surface area contributed by atoms with Gasteiger partial charge in [-0.15, -0.1) is 11.3 Å². The molecular formula is C14H16Cl2N2S. The summed E-state index contributed by atoms with van der Waals surface area (Å²) in [5.41, 5.74) is 2.22. The minimum atomic E-state index is 0. The van der Waals surface area contributed by atoms with E-state index in [9.17, 15) is 0 Å². The second kappa shape index (κ2) is 6.71. The van der Waals surface area contributed by atoms with Crippen LogP contribution in [0.25, 0.3) is 11.3 Å². The summed E-state index contributed by atoms with van der Waals surface area (Å²) in [4.78, 5) is 4.78. The highest BCUT2D eigenvalue weighted by Gasteiger charge is 2.18. The molecule has 0 radical (unpaired) electrons. The van der Waals surface area contributed by atoms with E-state index < -0.39 is 0 Å². The van der Waals surface area contributed by atoms with Crippen molar-refractivity contribution in [2.75, 3.05) is 13.1 Å². The van der Waals surface area contributed by atoms with Crippen LogP contribution in [-0.4, -0.2) is 18.1 Å². The Bertz CT molecular complexity index is 524. The van der Waals surface area contributed by atoms with E-state index >= 15 is 0 Å². The van der Waals surface area contributed by atoms with Crippen LogP contribution in [0.1, 0.15) is 25.2 Å². The van der Waals surface area contributed by atoms with Crippen LogP contribution in [-0.2, 0) is 0 Å². The van der Waals surface area contributed by atoms with E-state index in [4.69, 9.17) is 16.6 Å². The van der Waals surface area contributed by atoms with Gasteiger partial charge in [0.25, 0.3) is 0 Å². The lowest BCUT2D eigenvalue weighted by Gasteiger charge is -2.20. The van der Waals surface area contributed by atoms with E-state index in [0.717, 1.165) is 29.4 Å². The highest BCUT2D eigenvalue weighted by molar-refractivity contribution is 7.10. The van der Waals surface area contributed by atoms with Gasteiger partial charge in [-0.3, -0.25) is 0 Å². The van der Waals surface area contributed by atoms with Gasteiger partial charge in [0.05, 0.1) is 10.7 Å². The molecule has 2 nitrogen and oxygen atoms in total. The van der Waals surface area contributed by atoms with Gasteiger partial charge in [-0.1, -0.05) is 23.7 Å². The fourth-order valence-electron chi connectivity index (χ4n) is 2.30. The van der Waals surface area contributed by atoms with Crippen LogP contribution in [0.2, 0.25) is 5.02 Å². The van der Waals surface area contributed by atoms with E-state index in [0.29, 0.717) is 5.92 Å². The molecule has 0 saturated carbocycles. The predicted molar refractivity (Wildman–Crippen MR) is 78.5 cm³/mol. The molecule has 0 aliphatic carbocycles. The van der Waals surface area contributed by atoms with Crippen LogP contribution >= 0.6 is 22.9 Å². The molecule has 1 aliphatic rings. The van der Waals surface area contributed by atoms with Crippen LogP contribution in [0.5, 0.6) is 0 Å². The topological polar surface area (TPSA) is 24.9 Å². The average molecular weight is 315 g/mol. The van der Waals surface area contributed by atoms with Crippen molar-refractivity contribution in [3.8, 4) is 11.3 Å². The first-order valence-electron chi connectivity index (χ1n) is 6.25. The second-order valence-corrected chi connectivity index (χ2v) is 5.93. The molecule has 0 unspecified atom stereocenters. The minimum Gasteiger partial charge on any atom is -1.00 e. The molecule has 5 heteroatoms. The summed E-state index contributed by atoms with van der Waals surface area (Å²) in [6.07, 6.45) is 2.40. The number of aromatic nitrogens is 1. The number of piperidine rings is 1. The first-order valence-corrected chi connectivity index (χ1v) is 7.51. The Morgan fingerprint density at radius 2 is 1.89 bits per heavy atom. The van der Waals surface area contributed by atoms with E-state index in [1.165, 1.54) is 17.8 Å². The molecule has 1 aliphatic heterocycles. The van der Waals surface area contributed by atoms with Gasteiger partial charge in [-0.05, 0) is 38.1 Å². The second-order valence-electron chi connectivity index (χ2n) is 4.60. The Morgan fingerprint density at radius 3 is 2.58 bits per heavy atom. The minimum absolute atomic E-state index is 0. The summed E-state index contributed by atoms with van der Waals surface area (Å²) in [7, 11) is 0. The molecule has 0 amide bonds. The summed E-state index contributed by atoms with van der Waals surface area (Å²) in [5.74, 6) is 0.636. The summed E-state index contributed by atoms with van der Waals surface area (Å²) in [6, 6.07) is 7.90. The first-order chi connectivity index (χ1) is 8.83. The van der Waals surface area contributed by atoms with Gasteiger partial charge in [0.15, 0.2) is 0 Å². The molecule has 102 valence electrons. The molecule has 1 aromatic heterocycles. The van der Waals surface area contributed by atoms with Gasteiger partial charge in [-0.2, -0.15) is 0 Å². The van der Waals surface area contributed by atoms with Crippen molar-refractivity contribution in [1.29, 1.82) is 0 Å². The zero-order valence-electron chi connectivity index (χ0n) is 11.4. The van der Waals surface area contributed by atoms with Crippen LogP contribution < -0.4 is 17.7 Å². The maximum Gasteiger partial charge on any atom is 1.00 e. The molecule has 0 bridgehead atoms. The highest BCUT2D eigenvalue weighted by Crippen LogP contribution is 2.31. The monoisotopic (exact) mass is 314 g/mol. The SMILES string of the molecule is Clc1ccc(-c2csc(C3CCNCC3)n2)cc1.[Cl-].[H+]. The zero-order valence-corrected chi connectivity index (χ0v) is 12.7. The van der Waals surface area contributed by atoms with Crippen LogP contribution in [0.3, 0.4) is 0 Å². The molecule has 1 N–H and O–H groups in total. The molecule has 19 heavy (non-hydrogen) atoms. The summed E-state index contributed by atoms with van der Waals surface area (Å²) in [6.45, 7) is 2.22. The zero-order chi connectivity index (χ0) is 12.4. The standard InChI is InChI=1S/C14H15ClN2S.ClH/c15-12-3-1-10(2-4-12)13-9-18-14(17-13)11-5-7-16-8-6-11;/h1-4,9,11,16H,5-8H2;1H. The van der Waals surface area contributed by atoms with E-state index in [2.05, 4.69) is 10.7 Å². The number of nitrogens with zero attached hydrogens (tertiary/aromatic N) is 1. The third kappa shape index (κ3) is 3.48. The van der Waals surface area contributed by atoms with Crippen molar-refractivity contribution in [3.05, 3.63) is 39.7 Å². The van der Waals surface area contributed by atoms with Gasteiger partial charge in [-0.25, -0.2) is 4.98 Å². The molecule has 1 fully saturated rings.